The minimum atomic E-state index is -0.357. The third kappa shape index (κ3) is 2.07. The van der Waals surface area contributed by atoms with Gasteiger partial charge in [-0.05, 0) is 13.0 Å². The molecule has 0 bridgehead atoms. The van der Waals surface area contributed by atoms with Crippen LogP contribution >= 0.6 is 11.3 Å². The third-order valence-corrected chi connectivity index (χ3v) is 2.67. The molecular weight excluding hydrogens is 212 g/mol. The highest BCUT2D eigenvalue weighted by molar-refractivity contribution is 7.11. The average molecular weight is 222 g/mol. The van der Waals surface area contributed by atoms with Gasteiger partial charge in [0.15, 0.2) is 0 Å². The van der Waals surface area contributed by atoms with Crippen molar-refractivity contribution in [2.24, 2.45) is 0 Å². The maximum absolute atomic E-state index is 11.3. The molecule has 0 saturated carbocycles. The number of carbonyl (C=O) groups excluding carboxylic acids is 1. The van der Waals surface area contributed by atoms with Gasteiger partial charge < -0.3 is 9.72 Å². The van der Waals surface area contributed by atoms with Crippen molar-refractivity contribution in [3.8, 4) is 11.3 Å². The summed E-state index contributed by atoms with van der Waals surface area (Å²) in [6.07, 6.45) is 3.66. The molecule has 0 aliphatic rings. The average Bonchev–Trinajstić information content (AvgIpc) is 2.89. The van der Waals surface area contributed by atoms with Crippen LogP contribution in [-0.4, -0.2) is 22.5 Å². The Kier molecular flexibility index (Phi) is 2.82. The van der Waals surface area contributed by atoms with E-state index >= 15 is 0 Å². The normalized spacial score (nSPS) is 10.2. The predicted octanol–water partition coefficient (Wildman–Crippen LogP) is 2.31. The number of carbonyl (C=O) groups is 1. The van der Waals surface area contributed by atoms with E-state index in [4.69, 9.17) is 4.74 Å². The number of ether oxygens (including phenoxy) is 1. The van der Waals surface area contributed by atoms with Gasteiger partial charge in [0, 0.05) is 23.3 Å². The van der Waals surface area contributed by atoms with Crippen molar-refractivity contribution in [2.75, 3.05) is 6.61 Å². The molecule has 0 radical (unpaired) electrons. The van der Waals surface area contributed by atoms with Gasteiger partial charge in [-0.3, -0.25) is 0 Å². The molecule has 5 heteroatoms. The SMILES string of the molecule is CCOC(=O)c1nc(-c2cc[nH]c2)cs1. The van der Waals surface area contributed by atoms with E-state index in [1.807, 2.05) is 23.8 Å². The van der Waals surface area contributed by atoms with Gasteiger partial charge in [-0.25, -0.2) is 9.78 Å². The maximum Gasteiger partial charge on any atom is 0.367 e. The Bertz CT molecular complexity index is 448. The van der Waals surface area contributed by atoms with Gasteiger partial charge in [-0.1, -0.05) is 0 Å². The molecule has 0 atom stereocenters. The van der Waals surface area contributed by atoms with Crippen LogP contribution < -0.4 is 0 Å². The van der Waals surface area contributed by atoms with E-state index in [2.05, 4.69) is 9.97 Å². The van der Waals surface area contributed by atoms with Crippen molar-refractivity contribution in [1.29, 1.82) is 0 Å². The van der Waals surface area contributed by atoms with Crippen molar-refractivity contribution in [3.63, 3.8) is 0 Å². The molecule has 2 aromatic rings. The standard InChI is InChI=1S/C10H10N2O2S/c1-2-14-10(13)9-12-8(6-15-9)7-3-4-11-5-7/h3-6,11H,2H2,1H3. The summed E-state index contributed by atoms with van der Waals surface area (Å²) in [5, 5.41) is 2.24. The molecule has 15 heavy (non-hydrogen) atoms. The van der Waals surface area contributed by atoms with E-state index in [-0.39, 0.29) is 5.97 Å². The highest BCUT2D eigenvalue weighted by Crippen LogP contribution is 2.21. The number of H-pyrrole nitrogens is 1. The molecule has 0 saturated heterocycles. The number of nitrogens with zero attached hydrogens (tertiary/aromatic N) is 1. The van der Waals surface area contributed by atoms with Gasteiger partial charge in [0.05, 0.1) is 12.3 Å². The Hall–Kier alpha value is -1.62. The lowest BCUT2D eigenvalue weighted by Crippen LogP contribution is -2.03. The quantitative estimate of drug-likeness (QED) is 0.811. The summed E-state index contributed by atoms with van der Waals surface area (Å²) in [4.78, 5) is 18.5. The molecule has 4 nitrogen and oxygen atoms in total. The number of thiazole rings is 1. The molecule has 78 valence electrons. The number of aromatic nitrogens is 2. The number of esters is 1. The van der Waals surface area contributed by atoms with E-state index in [1.54, 1.807) is 6.92 Å². The van der Waals surface area contributed by atoms with E-state index in [9.17, 15) is 4.79 Å². The monoisotopic (exact) mass is 222 g/mol. The first kappa shape index (κ1) is 9.92. The fourth-order valence-corrected chi connectivity index (χ4v) is 1.89. The van der Waals surface area contributed by atoms with Gasteiger partial charge >= 0.3 is 5.97 Å². The summed E-state index contributed by atoms with van der Waals surface area (Å²) in [7, 11) is 0. The zero-order chi connectivity index (χ0) is 10.7. The van der Waals surface area contributed by atoms with Crippen LogP contribution in [0, 0.1) is 0 Å². The summed E-state index contributed by atoms with van der Waals surface area (Å²) >= 11 is 1.30. The molecule has 2 heterocycles. The van der Waals surface area contributed by atoms with Gasteiger partial charge in [-0.2, -0.15) is 0 Å². The zero-order valence-corrected chi connectivity index (χ0v) is 9.00. The van der Waals surface area contributed by atoms with E-state index in [0.717, 1.165) is 11.3 Å². The van der Waals surface area contributed by atoms with Crippen LogP contribution in [0.15, 0.2) is 23.8 Å². The smallest absolute Gasteiger partial charge is 0.367 e. The molecule has 0 unspecified atom stereocenters. The predicted molar refractivity (Wildman–Crippen MR) is 57.9 cm³/mol. The van der Waals surface area contributed by atoms with Crippen LogP contribution in [0.25, 0.3) is 11.3 Å². The Morgan fingerprint density at radius 2 is 2.53 bits per heavy atom. The summed E-state index contributed by atoms with van der Waals surface area (Å²) in [6, 6.07) is 1.91. The lowest BCUT2D eigenvalue weighted by Gasteiger charge is -1.95. The fraction of sp³-hybridized carbons (Fsp3) is 0.200. The highest BCUT2D eigenvalue weighted by Gasteiger charge is 2.12. The third-order valence-electron chi connectivity index (χ3n) is 1.85. The van der Waals surface area contributed by atoms with E-state index in [0.29, 0.717) is 11.6 Å². The van der Waals surface area contributed by atoms with E-state index in [1.165, 1.54) is 11.3 Å². The van der Waals surface area contributed by atoms with Crippen LogP contribution in [-0.2, 0) is 4.74 Å². The Labute approximate surface area is 90.9 Å². The van der Waals surface area contributed by atoms with Gasteiger partial charge in [-0.15, -0.1) is 11.3 Å². The molecule has 0 spiro atoms. The molecule has 2 aromatic heterocycles. The minimum Gasteiger partial charge on any atom is -0.461 e. The van der Waals surface area contributed by atoms with Gasteiger partial charge in [0.2, 0.25) is 5.01 Å². The topological polar surface area (TPSA) is 55.0 Å². The van der Waals surface area contributed by atoms with Crippen LogP contribution in [0.5, 0.6) is 0 Å². The number of nitrogens with one attached hydrogen (secondary N) is 1. The Morgan fingerprint density at radius 3 is 3.20 bits per heavy atom. The summed E-state index contributed by atoms with van der Waals surface area (Å²) in [5.74, 6) is -0.357. The highest BCUT2D eigenvalue weighted by atomic mass is 32.1. The van der Waals surface area contributed by atoms with Crippen LogP contribution in [0.3, 0.4) is 0 Å². The summed E-state index contributed by atoms with van der Waals surface area (Å²) in [6.45, 7) is 2.15. The second-order valence-corrected chi connectivity index (χ2v) is 3.72. The molecule has 0 aliphatic heterocycles. The van der Waals surface area contributed by atoms with Crippen molar-refractivity contribution in [2.45, 2.75) is 6.92 Å². The van der Waals surface area contributed by atoms with Crippen molar-refractivity contribution in [3.05, 3.63) is 28.8 Å². The first-order valence-electron chi connectivity index (χ1n) is 4.57. The second kappa shape index (κ2) is 4.27. The summed E-state index contributed by atoms with van der Waals surface area (Å²) in [5.41, 5.74) is 1.77. The Balaban J connectivity index is 2.21. The maximum atomic E-state index is 11.3. The number of aromatic amines is 1. The number of hydrogen-bond acceptors (Lipinski definition) is 4. The first-order valence-corrected chi connectivity index (χ1v) is 5.45. The molecule has 0 aromatic carbocycles. The number of hydrogen-bond donors (Lipinski definition) is 1. The molecular formula is C10H10N2O2S. The van der Waals surface area contributed by atoms with Crippen LogP contribution in [0.1, 0.15) is 16.7 Å². The Morgan fingerprint density at radius 1 is 1.67 bits per heavy atom. The van der Waals surface area contributed by atoms with Crippen LogP contribution in [0.4, 0.5) is 0 Å². The lowest BCUT2D eigenvalue weighted by molar-refractivity contribution is 0.0526. The van der Waals surface area contributed by atoms with Gasteiger partial charge in [0.1, 0.15) is 0 Å². The molecule has 2 rings (SSSR count). The minimum absolute atomic E-state index is 0.357. The number of rotatable bonds is 3. The second-order valence-electron chi connectivity index (χ2n) is 2.86. The fourth-order valence-electron chi connectivity index (χ4n) is 1.18. The molecule has 0 aliphatic carbocycles. The molecule has 0 fully saturated rings. The van der Waals surface area contributed by atoms with Gasteiger partial charge in [0.25, 0.3) is 0 Å². The van der Waals surface area contributed by atoms with E-state index < -0.39 is 0 Å². The first-order chi connectivity index (χ1) is 7.31. The van der Waals surface area contributed by atoms with Crippen LogP contribution in [0.2, 0.25) is 0 Å². The molecule has 0 amide bonds. The largest absolute Gasteiger partial charge is 0.461 e. The van der Waals surface area contributed by atoms with Crippen molar-refractivity contribution >= 4 is 17.3 Å². The van der Waals surface area contributed by atoms with Crippen molar-refractivity contribution in [1.82, 2.24) is 9.97 Å². The zero-order valence-electron chi connectivity index (χ0n) is 8.19. The van der Waals surface area contributed by atoms with Crippen molar-refractivity contribution < 1.29 is 9.53 Å². The lowest BCUT2D eigenvalue weighted by atomic mass is 10.3. The molecule has 1 N–H and O–H groups in total. The summed E-state index contributed by atoms with van der Waals surface area (Å²) < 4.78 is 4.86.